The van der Waals surface area contributed by atoms with Gasteiger partial charge in [-0.25, -0.2) is 27.5 Å². The Bertz CT molecular complexity index is 877. The number of hydrogen-bond donors (Lipinski definition) is 2. The lowest BCUT2D eigenvalue weighted by atomic mass is 10.3. The first-order valence-electron chi connectivity index (χ1n) is 6.75. The summed E-state index contributed by atoms with van der Waals surface area (Å²) >= 11 is 5.77. The molecule has 0 unspecified atom stereocenters. The van der Waals surface area contributed by atoms with Gasteiger partial charge in [-0.3, -0.25) is 0 Å². The van der Waals surface area contributed by atoms with Crippen molar-refractivity contribution >= 4 is 28.8 Å². The first-order valence-corrected chi connectivity index (χ1v) is 7.12. The number of nitrogens with one attached hydrogen (secondary N) is 1. The van der Waals surface area contributed by atoms with Crippen molar-refractivity contribution in [3.63, 3.8) is 0 Å². The summed E-state index contributed by atoms with van der Waals surface area (Å²) in [6.07, 6.45) is 2.65. The van der Waals surface area contributed by atoms with Crippen LogP contribution in [0.5, 0.6) is 0 Å². The minimum atomic E-state index is -0.713. The van der Waals surface area contributed by atoms with Crippen LogP contribution in [0.25, 0.3) is 0 Å². The molecule has 3 aromatic rings. The summed E-state index contributed by atoms with van der Waals surface area (Å²) in [5.41, 5.74) is 5.12. The number of benzene rings is 2. The lowest BCUT2D eigenvalue weighted by Gasteiger charge is -2.07. The molecule has 9 heteroatoms. The van der Waals surface area contributed by atoms with Crippen LogP contribution in [0.4, 0.5) is 34.8 Å². The lowest BCUT2D eigenvalue weighted by molar-refractivity contribution is 0.585. The number of nitrogens with two attached hydrogens (primary N) is 1. The van der Waals surface area contributed by atoms with Crippen LogP contribution in [0.2, 0.25) is 5.02 Å². The largest absolute Gasteiger partial charge is 0.396 e. The van der Waals surface area contributed by atoms with Crippen molar-refractivity contribution in [3.8, 4) is 0 Å². The molecule has 130 valence electrons. The normalized spacial score (nSPS) is 9.96. The van der Waals surface area contributed by atoms with Crippen LogP contribution < -0.4 is 11.1 Å². The van der Waals surface area contributed by atoms with Crippen molar-refractivity contribution in [2.24, 2.45) is 0 Å². The third kappa shape index (κ3) is 5.32. The maximum Gasteiger partial charge on any atom is 0.152 e. The predicted molar refractivity (Wildman–Crippen MR) is 87.5 cm³/mol. The second-order valence-electron chi connectivity index (χ2n) is 4.63. The molecule has 3 rings (SSSR count). The van der Waals surface area contributed by atoms with E-state index in [0.29, 0.717) is 0 Å². The summed E-state index contributed by atoms with van der Waals surface area (Å²) in [6.45, 7) is 0. The van der Waals surface area contributed by atoms with E-state index in [1.54, 1.807) is 0 Å². The number of nitrogens with zero attached hydrogens (tertiary/aromatic N) is 2. The van der Waals surface area contributed by atoms with Gasteiger partial charge >= 0.3 is 0 Å². The Balaban J connectivity index is 0.000000212. The molecule has 0 spiro atoms. The number of aromatic nitrogens is 2. The van der Waals surface area contributed by atoms with E-state index >= 15 is 0 Å². The molecule has 1 heterocycles. The zero-order chi connectivity index (χ0) is 18.4. The molecule has 0 aliphatic rings. The van der Waals surface area contributed by atoms with Crippen molar-refractivity contribution in [2.75, 3.05) is 11.1 Å². The molecule has 0 atom stereocenters. The second-order valence-corrected chi connectivity index (χ2v) is 5.04. The monoisotopic (exact) mass is 370 g/mol. The van der Waals surface area contributed by atoms with E-state index in [0.717, 1.165) is 24.3 Å². The van der Waals surface area contributed by atoms with Crippen molar-refractivity contribution in [1.29, 1.82) is 0 Å². The van der Waals surface area contributed by atoms with E-state index in [2.05, 4.69) is 15.3 Å². The highest BCUT2D eigenvalue weighted by molar-refractivity contribution is 6.32. The van der Waals surface area contributed by atoms with Gasteiger partial charge in [0.05, 0.1) is 17.6 Å². The van der Waals surface area contributed by atoms with Crippen LogP contribution in [-0.4, -0.2) is 9.97 Å². The van der Waals surface area contributed by atoms with E-state index < -0.39 is 23.3 Å². The van der Waals surface area contributed by atoms with Crippen molar-refractivity contribution in [2.45, 2.75) is 0 Å². The fourth-order valence-electron chi connectivity index (χ4n) is 1.62. The molecular weight excluding hydrogens is 360 g/mol. The summed E-state index contributed by atoms with van der Waals surface area (Å²) in [7, 11) is 0. The van der Waals surface area contributed by atoms with Crippen LogP contribution in [0, 0.1) is 23.3 Å². The van der Waals surface area contributed by atoms with E-state index in [1.165, 1.54) is 24.7 Å². The molecular formula is C16H11ClF4N4. The van der Waals surface area contributed by atoms with Gasteiger partial charge in [0.15, 0.2) is 5.82 Å². The SMILES string of the molecule is Fc1ccc(Nc2ncncc2Cl)c(F)c1.Nc1ccc(F)cc1F. The number of anilines is 3. The third-order valence-corrected chi connectivity index (χ3v) is 3.09. The molecule has 0 aliphatic carbocycles. The highest BCUT2D eigenvalue weighted by atomic mass is 35.5. The van der Waals surface area contributed by atoms with Crippen LogP contribution in [0.1, 0.15) is 0 Å². The van der Waals surface area contributed by atoms with Crippen LogP contribution in [0.3, 0.4) is 0 Å². The first kappa shape index (κ1) is 18.5. The van der Waals surface area contributed by atoms with E-state index in [9.17, 15) is 17.6 Å². The molecule has 2 aromatic carbocycles. The summed E-state index contributed by atoms with van der Waals surface area (Å²) in [4.78, 5) is 7.51. The number of hydrogen-bond acceptors (Lipinski definition) is 4. The van der Waals surface area contributed by atoms with Gasteiger partial charge in [-0.05, 0) is 24.3 Å². The topological polar surface area (TPSA) is 63.8 Å². The Labute approximate surface area is 145 Å². The molecule has 0 radical (unpaired) electrons. The van der Waals surface area contributed by atoms with Gasteiger partial charge in [0.25, 0.3) is 0 Å². The van der Waals surface area contributed by atoms with Gasteiger partial charge in [0.2, 0.25) is 0 Å². The lowest BCUT2D eigenvalue weighted by Crippen LogP contribution is -1.97. The highest BCUT2D eigenvalue weighted by Gasteiger charge is 2.07. The Morgan fingerprint density at radius 3 is 2.12 bits per heavy atom. The maximum absolute atomic E-state index is 13.3. The number of nitrogen functional groups attached to an aromatic ring is 1. The molecule has 0 aliphatic heterocycles. The summed E-state index contributed by atoms with van der Waals surface area (Å²) in [5.74, 6) is -2.41. The molecule has 25 heavy (non-hydrogen) atoms. The Morgan fingerprint density at radius 1 is 0.920 bits per heavy atom. The minimum absolute atomic E-state index is 0.0311. The first-order chi connectivity index (χ1) is 11.9. The molecule has 1 aromatic heterocycles. The van der Waals surface area contributed by atoms with Gasteiger partial charge in [-0.2, -0.15) is 0 Å². The van der Waals surface area contributed by atoms with Gasteiger partial charge in [0.1, 0.15) is 34.6 Å². The zero-order valence-electron chi connectivity index (χ0n) is 12.5. The molecule has 4 nitrogen and oxygen atoms in total. The molecule has 3 N–H and O–H groups in total. The average molecular weight is 371 g/mol. The van der Waals surface area contributed by atoms with Crippen LogP contribution in [-0.2, 0) is 0 Å². The fraction of sp³-hybridized carbons (Fsp3) is 0. The summed E-state index contributed by atoms with van der Waals surface area (Å²) in [5, 5.41) is 2.90. The highest BCUT2D eigenvalue weighted by Crippen LogP contribution is 2.23. The Hall–Kier alpha value is -2.87. The van der Waals surface area contributed by atoms with Crippen molar-refractivity contribution in [3.05, 3.63) is 77.2 Å². The predicted octanol–water partition coefficient (Wildman–Crippen LogP) is 4.70. The van der Waals surface area contributed by atoms with Gasteiger partial charge < -0.3 is 11.1 Å². The van der Waals surface area contributed by atoms with Gasteiger partial charge in [0, 0.05) is 12.1 Å². The molecule has 0 fully saturated rings. The zero-order valence-corrected chi connectivity index (χ0v) is 13.2. The molecule has 0 saturated heterocycles. The minimum Gasteiger partial charge on any atom is -0.396 e. The van der Waals surface area contributed by atoms with Crippen molar-refractivity contribution in [1.82, 2.24) is 9.97 Å². The van der Waals surface area contributed by atoms with E-state index in [-0.39, 0.29) is 22.2 Å². The number of halogens is 5. The smallest absolute Gasteiger partial charge is 0.152 e. The van der Waals surface area contributed by atoms with Gasteiger partial charge in [-0.15, -0.1) is 0 Å². The van der Waals surface area contributed by atoms with E-state index in [1.807, 2.05) is 0 Å². The Morgan fingerprint density at radius 2 is 1.56 bits per heavy atom. The standard InChI is InChI=1S/C10H6ClF2N3.C6H5F2N/c11-7-4-14-5-15-10(7)16-9-2-1-6(12)3-8(9)13;7-4-1-2-6(9)5(8)3-4/h1-5H,(H,14,15,16);1-3H,9H2. The second kappa shape index (κ2) is 8.29. The van der Waals surface area contributed by atoms with Crippen LogP contribution in [0.15, 0.2) is 48.9 Å². The third-order valence-electron chi connectivity index (χ3n) is 2.81. The van der Waals surface area contributed by atoms with E-state index in [4.69, 9.17) is 17.3 Å². The van der Waals surface area contributed by atoms with Crippen molar-refractivity contribution < 1.29 is 17.6 Å². The van der Waals surface area contributed by atoms with Gasteiger partial charge in [-0.1, -0.05) is 11.6 Å². The summed E-state index contributed by atoms with van der Waals surface area (Å²) < 4.78 is 50.2. The summed E-state index contributed by atoms with van der Waals surface area (Å²) in [6, 6.07) is 6.22. The fourth-order valence-corrected chi connectivity index (χ4v) is 1.78. The maximum atomic E-state index is 13.3. The molecule has 0 amide bonds. The quantitative estimate of drug-likeness (QED) is 0.507. The number of rotatable bonds is 2. The van der Waals surface area contributed by atoms with Crippen LogP contribution >= 0.6 is 11.6 Å². The average Bonchev–Trinajstić information content (AvgIpc) is 2.56. The molecule has 0 saturated carbocycles. The Kier molecular flexibility index (Phi) is 6.13. The molecule has 0 bridgehead atoms.